The topological polar surface area (TPSA) is 51.2 Å². The summed E-state index contributed by atoms with van der Waals surface area (Å²) in [5, 5.41) is 3.65. The summed E-state index contributed by atoms with van der Waals surface area (Å²) in [6, 6.07) is 10.1. The maximum Gasteiger partial charge on any atom is 0.338 e. The van der Waals surface area contributed by atoms with Crippen molar-refractivity contribution in [3.63, 3.8) is 0 Å². The van der Waals surface area contributed by atoms with Crippen LogP contribution in [0.4, 0.5) is 5.69 Å². The monoisotopic (exact) mass is 320 g/mol. The van der Waals surface area contributed by atoms with Gasteiger partial charge in [-0.25, -0.2) is 4.79 Å². The molecule has 3 atom stereocenters. The summed E-state index contributed by atoms with van der Waals surface area (Å²) in [6.45, 7) is 2.22. The van der Waals surface area contributed by atoms with Gasteiger partial charge in [0.25, 0.3) is 0 Å². The van der Waals surface area contributed by atoms with E-state index in [0.717, 1.165) is 12.1 Å². The number of esters is 1. The quantitative estimate of drug-likeness (QED) is 0.684. The highest BCUT2D eigenvalue weighted by atomic mass is 16.5. The van der Waals surface area contributed by atoms with Crippen molar-refractivity contribution in [2.24, 2.45) is 5.92 Å². The van der Waals surface area contributed by atoms with Crippen LogP contribution in [-0.2, 0) is 4.74 Å². The van der Waals surface area contributed by atoms with Crippen LogP contribution in [-0.4, -0.2) is 17.6 Å². The second-order valence-corrected chi connectivity index (χ2v) is 6.28. The number of allylic oxidation sites excluding steroid dienone is 2. The van der Waals surface area contributed by atoms with Crippen molar-refractivity contribution in [1.82, 2.24) is 4.98 Å². The Morgan fingerprint density at radius 2 is 2.29 bits per heavy atom. The van der Waals surface area contributed by atoms with Crippen molar-refractivity contribution in [2.45, 2.75) is 25.3 Å². The van der Waals surface area contributed by atoms with Crippen molar-refractivity contribution in [3.05, 3.63) is 71.6 Å². The van der Waals surface area contributed by atoms with Gasteiger partial charge in [-0.15, -0.1) is 0 Å². The Labute approximate surface area is 141 Å². The van der Waals surface area contributed by atoms with Gasteiger partial charge >= 0.3 is 5.97 Å². The predicted molar refractivity (Wildman–Crippen MR) is 93.0 cm³/mol. The van der Waals surface area contributed by atoms with E-state index < -0.39 is 0 Å². The number of rotatable bonds is 3. The van der Waals surface area contributed by atoms with Gasteiger partial charge in [0.2, 0.25) is 0 Å². The highest BCUT2D eigenvalue weighted by Gasteiger charge is 2.38. The van der Waals surface area contributed by atoms with Gasteiger partial charge in [0.05, 0.1) is 18.2 Å². The summed E-state index contributed by atoms with van der Waals surface area (Å²) in [4.78, 5) is 16.3. The Hall–Kier alpha value is -2.62. The van der Waals surface area contributed by atoms with Crippen LogP contribution in [0.3, 0.4) is 0 Å². The molecule has 122 valence electrons. The number of fused-ring (bicyclic) bond motifs is 3. The molecule has 0 saturated carbocycles. The van der Waals surface area contributed by atoms with Crippen LogP contribution < -0.4 is 5.32 Å². The number of nitrogens with one attached hydrogen (secondary N) is 1. The minimum absolute atomic E-state index is 0.236. The first-order valence-corrected chi connectivity index (χ1v) is 8.42. The molecule has 1 aromatic heterocycles. The molecule has 0 amide bonds. The van der Waals surface area contributed by atoms with E-state index in [-0.39, 0.29) is 12.0 Å². The fourth-order valence-electron chi connectivity index (χ4n) is 3.83. The van der Waals surface area contributed by atoms with Gasteiger partial charge in [0, 0.05) is 24.0 Å². The number of hydrogen-bond donors (Lipinski definition) is 1. The summed E-state index contributed by atoms with van der Waals surface area (Å²) in [5.74, 6) is 0.508. The molecule has 4 heteroatoms. The Morgan fingerprint density at radius 3 is 3.08 bits per heavy atom. The number of aromatic nitrogens is 1. The molecule has 4 nitrogen and oxygen atoms in total. The normalized spacial score (nSPS) is 24.0. The first-order chi connectivity index (χ1) is 11.8. The fourth-order valence-corrected chi connectivity index (χ4v) is 3.83. The number of pyridine rings is 1. The molecular weight excluding hydrogens is 300 g/mol. The average molecular weight is 320 g/mol. The maximum absolute atomic E-state index is 12.0. The predicted octanol–water partition coefficient (Wildman–Crippen LogP) is 4.08. The van der Waals surface area contributed by atoms with Gasteiger partial charge in [0.15, 0.2) is 0 Å². The lowest BCUT2D eigenvalue weighted by atomic mass is 9.77. The zero-order valence-corrected chi connectivity index (χ0v) is 13.6. The number of anilines is 1. The summed E-state index contributed by atoms with van der Waals surface area (Å²) in [5.41, 5.74) is 4.09. The second kappa shape index (κ2) is 6.11. The third-order valence-corrected chi connectivity index (χ3v) is 4.92. The maximum atomic E-state index is 12.0. The second-order valence-electron chi connectivity index (χ2n) is 6.28. The van der Waals surface area contributed by atoms with E-state index in [1.54, 1.807) is 6.20 Å². The van der Waals surface area contributed by atoms with E-state index >= 15 is 0 Å². The summed E-state index contributed by atoms with van der Waals surface area (Å²) < 4.78 is 5.14. The van der Waals surface area contributed by atoms with Crippen LogP contribution in [0.25, 0.3) is 0 Å². The minimum atomic E-state index is -0.256. The molecule has 0 spiro atoms. The van der Waals surface area contributed by atoms with Gasteiger partial charge in [-0.3, -0.25) is 4.98 Å². The molecule has 0 radical (unpaired) electrons. The zero-order valence-electron chi connectivity index (χ0n) is 13.6. The van der Waals surface area contributed by atoms with E-state index in [9.17, 15) is 4.79 Å². The molecule has 0 fully saturated rings. The number of hydrogen-bond acceptors (Lipinski definition) is 4. The Kier molecular flexibility index (Phi) is 3.81. The smallest absolute Gasteiger partial charge is 0.338 e. The number of benzene rings is 1. The SMILES string of the molecule is CCOC(=O)c1ccc2c(c1)[C@@H]1C=CC[C@@H]1[C@@H](c1cccnc1)N2. The molecule has 4 rings (SSSR count). The molecule has 0 saturated heterocycles. The minimum Gasteiger partial charge on any atom is -0.462 e. The number of carbonyl (C=O) groups excluding carboxylic acids is 1. The molecule has 2 aromatic rings. The first-order valence-electron chi connectivity index (χ1n) is 8.42. The third kappa shape index (κ3) is 2.48. The molecule has 1 aromatic carbocycles. The first kappa shape index (κ1) is 14.9. The zero-order chi connectivity index (χ0) is 16.5. The lowest BCUT2D eigenvalue weighted by Crippen LogP contribution is -2.29. The number of ether oxygens (including phenoxy) is 1. The van der Waals surface area contributed by atoms with Crippen molar-refractivity contribution >= 4 is 11.7 Å². The highest BCUT2D eigenvalue weighted by molar-refractivity contribution is 5.90. The lowest BCUT2D eigenvalue weighted by molar-refractivity contribution is 0.0526. The summed E-state index contributed by atoms with van der Waals surface area (Å²) >= 11 is 0. The van der Waals surface area contributed by atoms with Crippen LogP contribution in [0.5, 0.6) is 0 Å². The van der Waals surface area contributed by atoms with E-state index in [1.807, 2.05) is 37.4 Å². The molecule has 0 unspecified atom stereocenters. The van der Waals surface area contributed by atoms with Crippen LogP contribution in [0.15, 0.2) is 54.9 Å². The van der Waals surface area contributed by atoms with E-state index in [4.69, 9.17) is 4.74 Å². The van der Waals surface area contributed by atoms with Crippen LogP contribution >= 0.6 is 0 Å². The molecule has 0 bridgehead atoms. The third-order valence-electron chi connectivity index (χ3n) is 4.92. The number of nitrogens with zero attached hydrogens (tertiary/aromatic N) is 1. The summed E-state index contributed by atoms with van der Waals surface area (Å²) in [7, 11) is 0. The molecule has 1 N–H and O–H groups in total. The standard InChI is InChI=1S/C20H20N2O2/c1-2-24-20(23)13-8-9-18-17(11-13)15-6-3-7-16(15)19(22-18)14-5-4-10-21-12-14/h3-6,8-12,15-16,19,22H,2,7H2,1H3/t15-,16+,19-/m1/s1. The summed E-state index contributed by atoms with van der Waals surface area (Å²) in [6.07, 6.45) is 9.27. The van der Waals surface area contributed by atoms with Gasteiger partial charge in [-0.1, -0.05) is 18.2 Å². The Morgan fingerprint density at radius 1 is 1.38 bits per heavy atom. The number of carbonyl (C=O) groups is 1. The molecule has 2 heterocycles. The van der Waals surface area contributed by atoms with E-state index in [2.05, 4.69) is 28.5 Å². The highest BCUT2D eigenvalue weighted by Crippen LogP contribution is 2.49. The van der Waals surface area contributed by atoms with Crippen LogP contribution in [0, 0.1) is 5.92 Å². The van der Waals surface area contributed by atoms with Gasteiger partial charge in [-0.2, -0.15) is 0 Å². The fraction of sp³-hybridized carbons (Fsp3) is 0.300. The van der Waals surface area contributed by atoms with Crippen LogP contribution in [0.1, 0.15) is 46.8 Å². The van der Waals surface area contributed by atoms with Gasteiger partial charge in [-0.05, 0) is 54.7 Å². The van der Waals surface area contributed by atoms with Crippen molar-refractivity contribution in [1.29, 1.82) is 0 Å². The molecule has 24 heavy (non-hydrogen) atoms. The van der Waals surface area contributed by atoms with E-state index in [1.165, 1.54) is 11.1 Å². The largest absolute Gasteiger partial charge is 0.462 e. The molecule has 2 aliphatic rings. The van der Waals surface area contributed by atoms with Crippen molar-refractivity contribution in [3.8, 4) is 0 Å². The Bertz CT molecular complexity index is 785. The lowest BCUT2D eigenvalue weighted by Gasteiger charge is -2.37. The van der Waals surface area contributed by atoms with Crippen molar-refractivity contribution in [2.75, 3.05) is 11.9 Å². The average Bonchev–Trinajstić information content (AvgIpc) is 3.11. The van der Waals surface area contributed by atoms with E-state index in [0.29, 0.717) is 24.0 Å². The molecule has 1 aliphatic heterocycles. The molecular formula is C20H20N2O2. The Balaban J connectivity index is 1.72. The van der Waals surface area contributed by atoms with Crippen LogP contribution in [0.2, 0.25) is 0 Å². The van der Waals surface area contributed by atoms with Crippen molar-refractivity contribution < 1.29 is 9.53 Å². The van der Waals surface area contributed by atoms with Gasteiger partial charge in [0.1, 0.15) is 0 Å². The molecule has 1 aliphatic carbocycles. The van der Waals surface area contributed by atoms with Gasteiger partial charge < -0.3 is 10.1 Å².